The van der Waals surface area contributed by atoms with Gasteiger partial charge in [-0.1, -0.05) is 25.1 Å². The first kappa shape index (κ1) is 16.4. The molecule has 1 rings (SSSR count). The van der Waals surface area contributed by atoms with E-state index >= 15 is 0 Å². The van der Waals surface area contributed by atoms with E-state index in [-0.39, 0.29) is 6.54 Å². The molecule has 0 aromatic heterocycles. The van der Waals surface area contributed by atoms with Crippen molar-refractivity contribution in [2.24, 2.45) is 5.10 Å². The van der Waals surface area contributed by atoms with Crippen molar-refractivity contribution in [3.8, 4) is 5.75 Å². The minimum atomic E-state index is -0.827. The van der Waals surface area contributed by atoms with Crippen LogP contribution < -0.4 is 15.5 Å². The van der Waals surface area contributed by atoms with Gasteiger partial charge < -0.3 is 10.1 Å². The quantitative estimate of drug-likeness (QED) is 0.343. The Morgan fingerprint density at radius 2 is 2.19 bits per heavy atom. The van der Waals surface area contributed by atoms with Crippen LogP contribution in [0.3, 0.4) is 0 Å². The van der Waals surface area contributed by atoms with Gasteiger partial charge in [0.05, 0.1) is 12.8 Å². The van der Waals surface area contributed by atoms with Gasteiger partial charge in [0.25, 0.3) is 0 Å². The Labute approximate surface area is 123 Å². The van der Waals surface area contributed by atoms with Gasteiger partial charge in [-0.05, 0) is 24.1 Å². The number of carbonyl (C=O) groups excluding carboxylic acids is 2. The number of hydrogen-bond donors (Lipinski definition) is 2. The summed E-state index contributed by atoms with van der Waals surface area (Å²) >= 11 is 0. The molecule has 0 bridgehead atoms. The smallest absolute Gasteiger partial charge is 0.329 e. The maximum absolute atomic E-state index is 11.4. The van der Waals surface area contributed by atoms with Crippen molar-refractivity contribution in [1.82, 2.24) is 10.7 Å². The Morgan fingerprint density at radius 1 is 1.38 bits per heavy atom. The number of carbonyl (C=O) groups is 2. The van der Waals surface area contributed by atoms with Gasteiger partial charge in [-0.25, -0.2) is 5.43 Å². The normalized spacial score (nSPS) is 10.1. The lowest BCUT2D eigenvalue weighted by Gasteiger charge is -2.04. The van der Waals surface area contributed by atoms with E-state index < -0.39 is 11.8 Å². The second kappa shape index (κ2) is 9.30. The summed E-state index contributed by atoms with van der Waals surface area (Å²) in [5.74, 6) is -0.852. The summed E-state index contributed by atoms with van der Waals surface area (Å²) in [6.45, 7) is 6.33. The number of amides is 2. The van der Waals surface area contributed by atoms with Crippen LogP contribution in [0.5, 0.6) is 5.75 Å². The Morgan fingerprint density at radius 3 is 2.90 bits per heavy atom. The van der Waals surface area contributed by atoms with Gasteiger partial charge in [-0.2, -0.15) is 5.10 Å². The van der Waals surface area contributed by atoms with Gasteiger partial charge >= 0.3 is 11.8 Å². The molecule has 0 heterocycles. The largest absolute Gasteiger partial charge is 0.494 e. The number of rotatable bonds is 7. The number of ether oxygens (including phenoxy) is 1. The number of nitrogens with one attached hydrogen (secondary N) is 2. The van der Waals surface area contributed by atoms with Crippen LogP contribution in [0.25, 0.3) is 0 Å². The molecule has 0 radical (unpaired) electrons. The maximum Gasteiger partial charge on any atom is 0.329 e. The highest BCUT2D eigenvalue weighted by atomic mass is 16.5. The Kier molecular flexibility index (Phi) is 7.28. The third kappa shape index (κ3) is 6.38. The molecule has 6 nitrogen and oxygen atoms in total. The first-order valence-corrected chi connectivity index (χ1v) is 6.62. The molecule has 0 saturated carbocycles. The molecule has 2 N–H and O–H groups in total. The fourth-order valence-corrected chi connectivity index (χ4v) is 1.37. The molecule has 0 fully saturated rings. The van der Waals surface area contributed by atoms with Crippen molar-refractivity contribution in [3.63, 3.8) is 0 Å². The van der Waals surface area contributed by atoms with Crippen LogP contribution in [-0.4, -0.2) is 31.2 Å². The molecule has 2 amide bonds. The summed E-state index contributed by atoms with van der Waals surface area (Å²) in [5.41, 5.74) is 2.91. The van der Waals surface area contributed by atoms with Crippen molar-refractivity contribution >= 4 is 18.0 Å². The molecule has 0 aliphatic rings. The molecule has 0 saturated heterocycles. The monoisotopic (exact) mass is 289 g/mol. The molecule has 1 aromatic carbocycles. The minimum absolute atomic E-state index is 0.229. The standard InChI is InChI=1S/C15H19N3O3/c1-3-8-16-14(19)15(20)18-17-11-12-6-5-7-13(10-12)21-9-4-2/h3,5-7,10-11H,1,4,8-9H2,2H3,(H,16,19)(H,18,20)/b17-11-. The fourth-order valence-electron chi connectivity index (χ4n) is 1.37. The van der Waals surface area contributed by atoms with Gasteiger partial charge in [0.15, 0.2) is 0 Å². The van der Waals surface area contributed by atoms with Crippen molar-refractivity contribution < 1.29 is 14.3 Å². The van der Waals surface area contributed by atoms with Crippen molar-refractivity contribution in [2.45, 2.75) is 13.3 Å². The molecule has 0 aliphatic heterocycles. The minimum Gasteiger partial charge on any atom is -0.494 e. The second-order valence-electron chi connectivity index (χ2n) is 4.12. The lowest BCUT2D eigenvalue weighted by atomic mass is 10.2. The predicted molar refractivity (Wildman–Crippen MR) is 81.2 cm³/mol. The van der Waals surface area contributed by atoms with Crippen LogP contribution in [-0.2, 0) is 9.59 Å². The number of nitrogens with zero attached hydrogens (tertiary/aromatic N) is 1. The number of benzene rings is 1. The number of hydrogen-bond acceptors (Lipinski definition) is 4. The summed E-state index contributed by atoms with van der Waals surface area (Å²) in [7, 11) is 0. The van der Waals surface area contributed by atoms with Gasteiger partial charge in [0.1, 0.15) is 5.75 Å². The topological polar surface area (TPSA) is 79.8 Å². The van der Waals surface area contributed by atoms with Crippen molar-refractivity contribution in [3.05, 3.63) is 42.5 Å². The average molecular weight is 289 g/mol. The zero-order valence-corrected chi connectivity index (χ0v) is 12.0. The highest BCUT2D eigenvalue weighted by molar-refractivity contribution is 6.35. The first-order valence-electron chi connectivity index (χ1n) is 6.62. The van der Waals surface area contributed by atoms with E-state index in [0.717, 1.165) is 17.7 Å². The summed E-state index contributed by atoms with van der Waals surface area (Å²) in [4.78, 5) is 22.6. The van der Waals surface area contributed by atoms with E-state index in [4.69, 9.17) is 4.74 Å². The van der Waals surface area contributed by atoms with Crippen molar-refractivity contribution in [1.29, 1.82) is 0 Å². The van der Waals surface area contributed by atoms with Crippen LogP contribution >= 0.6 is 0 Å². The molecule has 1 aromatic rings. The lowest BCUT2D eigenvalue weighted by molar-refractivity contribution is -0.139. The molecule has 6 heteroatoms. The Balaban J connectivity index is 2.50. The van der Waals surface area contributed by atoms with E-state index in [9.17, 15) is 9.59 Å². The Bertz CT molecular complexity index is 527. The molecule has 21 heavy (non-hydrogen) atoms. The summed E-state index contributed by atoms with van der Waals surface area (Å²) in [5, 5.41) is 6.08. The average Bonchev–Trinajstić information content (AvgIpc) is 2.50. The lowest BCUT2D eigenvalue weighted by Crippen LogP contribution is -2.37. The number of hydrazone groups is 1. The molecular weight excluding hydrogens is 270 g/mol. The van der Waals surface area contributed by atoms with E-state index in [1.165, 1.54) is 12.3 Å². The fraction of sp³-hybridized carbons (Fsp3) is 0.267. The van der Waals surface area contributed by atoms with Crippen LogP contribution in [0.4, 0.5) is 0 Å². The molecule has 112 valence electrons. The maximum atomic E-state index is 11.4. The van der Waals surface area contributed by atoms with Gasteiger partial charge in [0.2, 0.25) is 0 Å². The highest BCUT2D eigenvalue weighted by Crippen LogP contribution is 2.12. The summed E-state index contributed by atoms with van der Waals surface area (Å²) in [6.07, 6.45) is 3.85. The molecular formula is C15H19N3O3. The zero-order valence-electron chi connectivity index (χ0n) is 12.0. The van der Waals surface area contributed by atoms with Crippen LogP contribution in [0.15, 0.2) is 42.0 Å². The third-order valence-electron chi connectivity index (χ3n) is 2.32. The Hall–Kier alpha value is -2.63. The van der Waals surface area contributed by atoms with E-state index in [1.54, 1.807) is 6.07 Å². The van der Waals surface area contributed by atoms with Gasteiger partial charge in [-0.3, -0.25) is 9.59 Å². The van der Waals surface area contributed by atoms with Gasteiger partial charge in [0, 0.05) is 6.54 Å². The van der Waals surface area contributed by atoms with Crippen LogP contribution in [0, 0.1) is 0 Å². The second-order valence-corrected chi connectivity index (χ2v) is 4.12. The van der Waals surface area contributed by atoms with Gasteiger partial charge in [-0.15, -0.1) is 6.58 Å². The molecule has 0 aliphatic carbocycles. The van der Waals surface area contributed by atoms with E-state index in [1.807, 2.05) is 25.1 Å². The van der Waals surface area contributed by atoms with Crippen LogP contribution in [0.2, 0.25) is 0 Å². The zero-order chi connectivity index (χ0) is 15.5. The van der Waals surface area contributed by atoms with E-state index in [2.05, 4.69) is 22.4 Å². The molecule has 0 spiro atoms. The van der Waals surface area contributed by atoms with Crippen LogP contribution in [0.1, 0.15) is 18.9 Å². The molecule has 0 atom stereocenters. The predicted octanol–water partition coefficient (Wildman–Crippen LogP) is 1.23. The highest BCUT2D eigenvalue weighted by Gasteiger charge is 2.10. The summed E-state index contributed by atoms with van der Waals surface area (Å²) < 4.78 is 5.48. The first-order chi connectivity index (χ1) is 10.2. The molecule has 0 unspecified atom stereocenters. The van der Waals surface area contributed by atoms with Crippen molar-refractivity contribution in [2.75, 3.05) is 13.2 Å². The third-order valence-corrected chi connectivity index (χ3v) is 2.32. The summed E-state index contributed by atoms with van der Waals surface area (Å²) in [6, 6.07) is 7.27. The SMILES string of the molecule is C=CCNC(=O)C(=O)N/N=C\c1cccc(OCCC)c1. The van der Waals surface area contributed by atoms with E-state index in [0.29, 0.717) is 6.61 Å².